The van der Waals surface area contributed by atoms with Crippen LogP contribution >= 0.6 is 11.3 Å². The Morgan fingerprint density at radius 1 is 0.515 bits per heavy atom. The quantitative estimate of drug-likeness (QED) is 0.160. The van der Waals surface area contributed by atoms with E-state index >= 15 is 0 Å². The Labute approximate surface area is 409 Å². The van der Waals surface area contributed by atoms with Gasteiger partial charge in [-0.2, -0.15) is 0 Å². The SMILES string of the molecule is CC(C)(C)c1ccc(N2B3c4cc(C(C)(C)C)cc5c4N(c4c3c(cc3ccccc43)-c3cc4c(cc32)sc2cc3c(cc24)C(C)(C)CCC3(C)C)C2(C)CCCCC52C)c(-c2ccccc2)c1. The van der Waals surface area contributed by atoms with Crippen LogP contribution in [0.5, 0.6) is 0 Å². The lowest BCUT2D eigenvalue weighted by molar-refractivity contribution is 0.195. The predicted octanol–water partition coefficient (Wildman–Crippen LogP) is 16.8. The van der Waals surface area contributed by atoms with E-state index in [1.807, 2.05) is 11.3 Å². The summed E-state index contributed by atoms with van der Waals surface area (Å²) in [5.41, 5.74) is 21.3. The predicted molar refractivity (Wildman–Crippen MR) is 297 cm³/mol. The summed E-state index contributed by atoms with van der Waals surface area (Å²) >= 11 is 2.00. The monoisotopic (exact) mass is 907 g/mol. The molecule has 13 rings (SSSR count). The first-order valence-electron chi connectivity index (χ1n) is 25.8. The number of hydrogen-bond donors (Lipinski definition) is 0. The van der Waals surface area contributed by atoms with Gasteiger partial charge < -0.3 is 9.71 Å². The van der Waals surface area contributed by atoms with Gasteiger partial charge in [-0.25, -0.2) is 0 Å². The van der Waals surface area contributed by atoms with Crippen molar-refractivity contribution in [3.05, 3.63) is 143 Å². The number of benzene rings is 7. The Hall–Kier alpha value is -5.32. The average molecular weight is 907 g/mol. The molecule has 2 aliphatic carbocycles. The molecule has 0 N–H and O–H groups in total. The molecule has 2 nitrogen and oxygen atoms in total. The Morgan fingerprint density at radius 2 is 1.18 bits per heavy atom. The van der Waals surface area contributed by atoms with Gasteiger partial charge in [0.2, 0.25) is 0 Å². The van der Waals surface area contributed by atoms with Gasteiger partial charge in [0.1, 0.15) is 0 Å². The summed E-state index contributed by atoms with van der Waals surface area (Å²) in [5.74, 6) is 0. The smallest absolute Gasteiger partial charge is 0.333 e. The molecule has 0 bridgehead atoms. The topological polar surface area (TPSA) is 6.48 Å². The van der Waals surface area contributed by atoms with Crippen LogP contribution in [-0.2, 0) is 27.1 Å². The van der Waals surface area contributed by atoms with Crippen LogP contribution in [0.3, 0.4) is 0 Å². The van der Waals surface area contributed by atoms with Crippen molar-refractivity contribution in [3.8, 4) is 22.3 Å². The van der Waals surface area contributed by atoms with Crippen molar-refractivity contribution in [2.24, 2.45) is 0 Å². The van der Waals surface area contributed by atoms with Crippen molar-refractivity contribution in [2.45, 2.75) is 154 Å². The maximum Gasteiger partial charge on any atom is 0.333 e. The molecule has 2 atom stereocenters. The fourth-order valence-electron chi connectivity index (χ4n) is 14.1. The highest BCUT2D eigenvalue weighted by atomic mass is 32.1. The van der Waals surface area contributed by atoms with Crippen LogP contribution in [-0.4, -0.2) is 12.4 Å². The number of thiophene rings is 1. The first-order valence-corrected chi connectivity index (χ1v) is 26.6. The molecule has 0 radical (unpaired) electrons. The molecule has 0 saturated heterocycles. The van der Waals surface area contributed by atoms with Crippen LogP contribution in [0.1, 0.15) is 149 Å². The molecule has 2 unspecified atom stereocenters. The van der Waals surface area contributed by atoms with Crippen LogP contribution in [0, 0.1) is 0 Å². The molecule has 1 aromatic heterocycles. The number of hydrogen-bond acceptors (Lipinski definition) is 3. The number of rotatable bonds is 2. The minimum atomic E-state index is -0.0798. The summed E-state index contributed by atoms with van der Waals surface area (Å²) in [6.45, 7) is 29.5. The Bertz CT molecular complexity index is 3490. The van der Waals surface area contributed by atoms with Crippen LogP contribution < -0.4 is 20.6 Å². The van der Waals surface area contributed by atoms with E-state index in [0.29, 0.717) is 0 Å². The van der Waals surface area contributed by atoms with Gasteiger partial charge in [-0.3, -0.25) is 0 Å². The van der Waals surface area contributed by atoms with Gasteiger partial charge in [-0.15, -0.1) is 11.3 Å². The minimum Gasteiger partial charge on any atom is -0.376 e. The van der Waals surface area contributed by atoms with Gasteiger partial charge in [0.05, 0.1) is 5.54 Å². The summed E-state index contributed by atoms with van der Waals surface area (Å²) in [4.78, 5) is 5.79. The maximum absolute atomic E-state index is 2.94. The number of fused-ring (bicyclic) bond motifs is 13. The summed E-state index contributed by atoms with van der Waals surface area (Å²) in [6, 6.07) is 46.5. The van der Waals surface area contributed by atoms with E-state index in [1.165, 1.54) is 148 Å². The summed E-state index contributed by atoms with van der Waals surface area (Å²) in [6.07, 6.45) is 7.33. The standard InChI is InChI=1S/C64H67BN2S/c1-59(2,3)40-24-25-52(43(31-40)38-20-14-13-15-21-38)67-53-37-55-45(46-35-48-49(36-54(46)68-55)62(9,10)29-28-61(48,7)8)34-44(53)47-30-39-22-16-17-23-42(39)57-56(47)65(67)51-33-41(60(4,5)6)32-50-58(51)66(57)64(12)27-19-18-26-63(50,64)11/h13-17,20-25,30-37H,18-19,26-29H2,1-12H3. The Morgan fingerprint density at radius 3 is 1.91 bits per heavy atom. The van der Waals surface area contributed by atoms with Gasteiger partial charge >= 0.3 is 6.85 Å². The lowest BCUT2D eigenvalue weighted by Crippen LogP contribution is -2.64. The van der Waals surface area contributed by atoms with Gasteiger partial charge in [-0.05, 0) is 152 Å². The van der Waals surface area contributed by atoms with E-state index in [0.717, 1.165) is 0 Å². The zero-order valence-electron chi connectivity index (χ0n) is 42.6. The molecule has 4 heterocycles. The third-order valence-electron chi connectivity index (χ3n) is 18.5. The van der Waals surface area contributed by atoms with Crippen molar-refractivity contribution < 1.29 is 0 Å². The van der Waals surface area contributed by atoms with Crippen LogP contribution in [0.4, 0.5) is 22.7 Å². The van der Waals surface area contributed by atoms with E-state index in [-0.39, 0.29) is 39.5 Å². The molecule has 7 aromatic carbocycles. The van der Waals surface area contributed by atoms with Crippen molar-refractivity contribution in [1.29, 1.82) is 0 Å². The van der Waals surface area contributed by atoms with Crippen LogP contribution in [0.15, 0.2) is 115 Å². The van der Waals surface area contributed by atoms with E-state index in [2.05, 4.69) is 208 Å². The third kappa shape index (κ3) is 5.65. The number of nitrogens with zero attached hydrogens (tertiary/aromatic N) is 2. The summed E-state index contributed by atoms with van der Waals surface area (Å²) in [7, 11) is 0. The fraction of sp³-hybridized carbons (Fsp3) is 0.375. The molecule has 1 fully saturated rings. The van der Waals surface area contributed by atoms with Crippen molar-refractivity contribution in [1.82, 2.24) is 0 Å². The Balaban J connectivity index is 1.21. The molecule has 3 aliphatic heterocycles. The summed E-state index contributed by atoms with van der Waals surface area (Å²) in [5, 5.41) is 5.50. The second-order valence-electron chi connectivity index (χ2n) is 25.5. The zero-order chi connectivity index (χ0) is 47.2. The van der Waals surface area contributed by atoms with E-state index < -0.39 is 0 Å². The van der Waals surface area contributed by atoms with E-state index in [1.54, 1.807) is 5.56 Å². The highest BCUT2D eigenvalue weighted by molar-refractivity contribution is 7.25. The molecular formula is C64H67BN2S. The highest BCUT2D eigenvalue weighted by Crippen LogP contribution is 2.64. The lowest BCUT2D eigenvalue weighted by atomic mass is 9.42. The fourth-order valence-corrected chi connectivity index (χ4v) is 15.3. The maximum atomic E-state index is 2.94. The summed E-state index contributed by atoms with van der Waals surface area (Å²) < 4.78 is 2.78. The molecule has 0 spiro atoms. The third-order valence-corrected chi connectivity index (χ3v) is 19.6. The molecule has 1 saturated carbocycles. The first kappa shape index (κ1) is 42.8. The van der Waals surface area contributed by atoms with Crippen LogP contribution in [0.25, 0.3) is 53.2 Å². The average Bonchev–Trinajstić information content (AvgIpc) is 3.76. The van der Waals surface area contributed by atoms with Gasteiger partial charge in [0.15, 0.2) is 0 Å². The van der Waals surface area contributed by atoms with E-state index in [9.17, 15) is 0 Å². The van der Waals surface area contributed by atoms with Crippen molar-refractivity contribution in [2.75, 3.05) is 9.71 Å². The Kier molecular flexibility index (Phi) is 8.63. The minimum absolute atomic E-state index is 0.00183. The first-order chi connectivity index (χ1) is 32.2. The molecule has 342 valence electrons. The lowest BCUT2D eigenvalue weighted by Gasteiger charge is -2.53. The van der Waals surface area contributed by atoms with Crippen LogP contribution in [0.2, 0.25) is 0 Å². The van der Waals surface area contributed by atoms with Crippen molar-refractivity contribution >= 4 is 82.8 Å². The van der Waals surface area contributed by atoms with Gasteiger partial charge in [0, 0.05) is 64.8 Å². The molecular weight excluding hydrogens is 840 g/mol. The molecule has 8 aromatic rings. The normalized spacial score (nSPS) is 22.0. The zero-order valence-corrected chi connectivity index (χ0v) is 43.4. The second-order valence-corrected chi connectivity index (χ2v) is 26.6. The molecule has 0 amide bonds. The molecule has 68 heavy (non-hydrogen) atoms. The van der Waals surface area contributed by atoms with E-state index in [4.69, 9.17) is 0 Å². The second kappa shape index (κ2) is 13.7. The van der Waals surface area contributed by atoms with Crippen molar-refractivity contribution in [3.63, 3.8) is 0 Å². The highest BCUT2D eigenvalue weighted by Gasteiger charge is 2.62. The number of anilines is 4. The molecule has 5 aliphatic rings. The van der Waals surface area contributed by atoms with Gasteiger partial charge in [0.25, 0.3) is 0 Å². The largest absolute Gasteiger partial charge is 0.376 e. The molecule has 4 heteroatoms. The van der Waals surface area contributed by atoms with Gasteiger partial charge in [-0.1, -0.05) is 162 Å².